The number of aromatic nitrogens is 2. The summed E-state index contributed by atoms with van der Waals surface area (Å²) >= 11 is 0. The molecule has 7 heteroatoms. The van der Waals surface area contributed by atoms with Crippen LogP contribution in [0.25, 0.3) is 10.9 Å². The number of carbonyl (C=O) groups excluding carboxylic acids is 1. The first-order chi connectivity index (χ1) is 14.1. The van der Waals surface area contributed by atoms with E-state index >= 15 is 0 Å². The normalized spacial score (nSPS) is 10.7. The lowest BCUT2D eigenvalue weighted by Crippen LogP contribution is -2.32. The SMILES string of the molecule is CCOc1ccc(C(=O)N(CC)Cc2nc3ccccc3c(=O)[nH]2)cc1OCC. The number of H-pyrrole nitrogens is 1. The molecule has 29 heavy (non-hydrogen) atoms. The van der Waals surface area contributed by atoms with E-state index in [1.54, 1.807) is 41.3 Å². The van der Waals surface area contributed by atoms with Gasteiger partial charge in [0.25, 0.3) is 11.5 Å². The summed E-state index contributed by atoms with van der Waals surface area (Å²) < 4.78 is 11.2. The average Bonchev–Trinajstić information content (AvgIpc) is 2.73. The molecule has 0 fully saturated rings. The fraction of sp³-hybridized carbons (Fsp3) is 0.318. The minimum atomic E-state index is -0.214. The molecular formula is C22H25N3O4. The highest BCUT2D eigenvalue weighted by atomic mass is 16.5. The monoisotopic (exact) mass is 395 g/mol. The Bertz CT molecular complexity index is 1060. The molecule has 0 bridgehead atoms. The molecule has 0 radical (unpaired) electrons. The molecule has 0 spiro atoms. The molecule has 0 saturated carbocycles. The summed E-state index contributed by atoms with van der Waals surface area (Å²) in [7, 11) is 0. The van der Waals surface area contributed by atoms with Crippen LogP contribution in [0.3, 0.4) is 0 Å². The summed E-state index contributed by atoms with van der Waals surface area (Å²) in [4.78, 5) is 34.2. The van der Waals surface area contributed by atoms with E-state index in [0.29, 0.717) is 53.5 Å². The van der Waals surface area contributed by atoms with Crippen LogP contribution in [0.15, 0.2) is 47.3 Å². The van der Waals surface area contributed by atoms with E-state index in [2.05, 4.69) is 9.97 Å². The van der Waals surface area contributed by atoms with Gasteiger partial charge < -0.3 is 19.4 Å². The fourth-order valence-electron chi connectivity index (χ4n) is 3.08. The van der Waals surface area contributed by atoms with Crippen LogP contribution in [0.1, 0.15) is 37.0 Å². The van der Waals surface area contributed by atoms with E-state index in [-0.39, 0.29) is 18.0 Å². The quantitative estimate of drug-likeness (QED) is 0.632. The Balaban J connectivity index is 1.87. The molecule has 2 aromatic carbocycles. The zero-order chi connectivity index (χ0) is 20.8. The number of para-hydroxylation sites is 1. The highest BCUT2D eigenvalue weighted by Gasteiger charge is 2.18. The van der Waals surface area contributed by atoms with Crippen LogP contribution in [-0.2, 0) is 6.54 Å². The van der Waals surface area contributed by atoms with Gasteiger partial charge in [-0.3, -0.25) is 9.59 Å². The first-order valence-electron chi connectivity index (χ1n) is 9.74. The summed E-state index contributed by atoms with van der Waals surface area (Å²) in [6, 6.07) is 12.3. The van der Waals surface area contributed by atoms with Crippen LogP contribution in [0, 0.1) is 0 Å². The largest absolute Gasteiger partial charge is 0.490 e. The van der Waals surface area contributed by atoms with Gasteiger partial charge in [-0.15, -0.1) is 0 Å². The van der Waals surface area contributed by atoms with E-state index in [4.69, 9.17) is 9.47 Å². The Kier molecular flexibility index (Phi) is 6.49. The maximum absolute atomic E-state index is 13.1. The van der Waals surface area contributed by atoms with E-state index in [0.717, 1.165) is 0 Å². The first kappa shape index (κ1) is 20.4. The molecule has 0 saturated heterocycles. The predicted molar refractivity (Wildman–Crippen MR) is 112 cm³/mol. The Hall–Kier alpha value is -3.35. The Labute approximate surface area is 169 Å². The molecule has 3 aromatic rings. The lowest BCUT2D eigenvalue weighted by Gasteiger charge is -2.21. The van der Waals surface area contributed by atoms with Crippen LogP contribution >= 0.6 is 0 Å². The van der Waals surface area contributed by atoms with Crippen molar-refractivity contribution in [2.45, 2.75) is 27.3 Å². The maximum atomic E-state index is 13.1. The molecule has 0 atom stereocenters. The van der Waals surface area contributed by atoms with Gasteiger partial charge in [0, 0.05) is 12.1 Å². The first-order valence-corrected chi connectivity index (χ1v) is 9.74. The number of rotatable bonds is 8. The van der Waals surface area contributed by atoms with Gasteiger partial charge in [-0.05, 0) is 51.1 Å². The van der Waals surface area contributed by atoms with Crippen molar-refractivity contribution in [2.24, 2.45) is 0 Å². The van der Waals surface area contributed by atoms with Crippen LogP contribution in [0.4, 0.5) is 0 Å². The number of aromatic amines is 1. The zero-order valence-corrected chi connectivity index (χ0v) is 16.9. The number of benzene rings is 2. The van der Waals surface area contributed by atoms with Crippen LogP contribution in [0.2, 0.25) is 0 Å². The summed E-state index contributed by atoms with van der Waals surface area (Å²) in [5.74, 6) is 1.41. The second-order valence-electron chi connectivity index (χ2n) is 6.38. The van der Waals surface area contributed by atoms with Crippen molar-refractivity contribution in [3.8, 4) is 11.5 Å². The van der Waals surface area contributed by atoms with Gasteiger partial charge in [0.05, 0.1) is 30.7 Å². The van der Waals surface area contributed by atoms with Crippen molar-refractivity contribution in [3.63, 3.8) is 0 Å². The van der Waals surface area contributed by atoms with Crippen molar-refractivity contribution in [1.29, 1.82) is 0 Å². The molecule has 152 valence electrons. The molecule has 0 aliphatic rings. The molecule has 3 rings (SSSR count). The van der Waals surface area contributed by atoms with E-state index in [1.807, 2.05) is 26.8 Å². The third-order valence-electron chi connectivity index (χ3n) is 4.46. The number of amides is 1. The van der Waals surface area contributed by atoms with E-state index < -0.39 is 0 Å². The molecular weight excluding hydrogens is 370 g/mol. The third-order valence-corrected chi connectivity index (χ3v) is 4.46. The summed E-state index contributed by atoms with van der Waals surface area (Å²) in [6.07, 6.45) is 0. The summed E-state index contributed by atoms with van der Waals surface area (Å²) in [6.45, 7) is 7.30. The second kappa shape index (κ2) is 9.23. The molecule has 0 aliphatic heterocycles. The van der Waals surface area contributed by atoms with Crippen LogP contribution in [-0.4, -0.2) is 40.5 Å². The summed E-state index contributed by atoms with van der Waals surface area (Å²) in [5.41, 5.74) is 0.880. The van der Waals surface area contributed by atoms with Crippen molar-refractivity contribution in [3.05, 3.63) is 64.2 Å². The van der Waals surface area contributed by atoms with Gasteiger partial charge in [0.15, 0.2) is 11.5 Å². The van der Waals surface area contributed by atoms with Crippen LogP contribution in [0.5, 0.6) is 11.5 Å². The Morgan fingerprint density at radius 1 is 1.03 bits per heavy atom. The topological polar surface area (TPSA) is 84.5 Å². The molecule has 7 nitrogen and oxygen atoms in total. The van der Waals surface area contributed by atoms with Gasteiger partial charge in [0.1, 0.15) is 5.82 Å². The lowest BCUT2D eigenvalue weighted by molar-refractivity contribution is 0.0748. The number of ether oxygens (including phenoxy) is 2. The molecule has 1 heterocycles. The minimum Gasteiger partial charge on any atom is -0.490 e. The van der Waals surface area contributed by atoms with Crippen LogP contribution < -0.4 is 15.0 Å². The van der Waals surface area contributed by atoms with Gasteiger partial charge >= 0.3 is 0 Å². The van der Waals surface area contributed by atoms with Gasteiger partial charge in [0.2, 0.25) is 0 Å². The van der Waals surface area contributed by atoms with E-state index in [9.17, 15) is 9.59 Å². The maximum Gasteiger partial charge on any atom is 0.258 e. The fourth-order valence-corrected chi connectivity index (χ4v) is 3.08. The number of nitrogens with one attached hydrogen (secondary N) is 1. The molecule has 1 aromatic heterocycles. The van der Waals surface area contributed by atoms with Crippen molar-refractivity contribution >= 4 is 16.8 Å². The Morgan fingerprint density at radius 2 is 1.76 bits per heavy atom. The summed E-state index contributed by atoms with van der Waals surface area (Å²) in [5, 5.41) is 0.526. The van der Waals surface area contributed by atoms with Gasteiger partial charge in [-0.2, -0.15) is 0 Å². The molecule has 0 aliphatic carbocycles. The zero-order valence-electron chi connectivity index (χ0n) is 16.9. The highest BCUT2D eigenvalue weighted by molar-refractivity contribution is 5.95. The third kappa shape index (κ3) is 4.56. The average molecular weight is 395 g/mol. The van der Waals surface area contributed by atoms with Gasteiger partial charge in [-0.25, -0.2) is 4.98 Å². The van der Waals surface area contributed by atoms with Crippen molar-refractivity contribution < 1.29 is 14.3 Å². The number of hydrogen-bond acceptors (Lipinski definition) is 5. The number of carbonyl (C=O) groups is 1. The lowest BCUT2D eigenvalue weighted by atomic mass is 10.1. The molecule has 1 amide bonds. The second-order valence-corrected chi connectivity index (χ2v) is 6.38. The minimum absolute atomic E-state index is 0.174. The van der Waals surface area contributed by atoms with Crippen molar-refractivity contribution in [2.75, 3.05) is 19.8 Å². The number of fused-ring (bicyclic) bond motifs is 1. The molecule has 1 N–H and O–H groups in total. The van der Waals surface area contributed by atoms with Gasteiger partial charge in [-0.1, -0.05) is 12.1 Å². The molecule has 0 unspecified atom stereocenters. The number of hydrogen-bond donors (Lipinski definition) is 1. The standard InChI is InChI=1S/C22H25N3O4/c1-4-25(14-20-23-17-10-8-7-9-16(17)21(26)24-20)22(27)15-11-12-18(28-5-2)19(13-15)29-6-3/h7-13H,4-6,14H2,1-3H3,(H,23,24,26). The smallest absolute Gasteiger partial charge is 0.258 e. The highest BCUT2D eigenvalue weighted by Crippen LogP contribution is 2.29. The van der Waals surface area contributed by atoms with Crippen molar-refractivity contribution in [1.82, 2.24) is 14.9 Å². The predicted octanol–water partition coefficient (Wildman–Crippen LogP) is 3.38. The van der Waals surface area contributed by atoms with E-state index in [1.165, 1.54) is 0 Å². The Morgan fingerprint density at radius 3 is 2.48 bits per heavy atom. The number of nitrogens with zero attached hydrogens (tertiary/aromatic N) is 2.